The molecule has 1 amide bonds. The second kappa shape index (κ2) is 9.19. The Bertz CT molecular complexity index is 799. The summed E-state index contributed by atoms with van der Waals surface area (Å²) in [6.45, 7) is 5.09. The third-order valence-corrected chi connectivity index (χ3v) is 5.06. The van der Waals surface area contributed by atoms with Gasteiger partial charge in [-0.1, -0.05) is 35.0 Å². The van der Waals surface area contributed by atoms with E-state index in [0.29, 0.717) is 26.3 Å². The first-order valence-electron chi connectivity index (χ1n) is 8.86. The van der Waals surface area contributed by atoms with Crippen LogP contribution in [0.15, 0.2) is 40.9 Å². The molecule has 0 bridgehead atoms. The SMILES string of the molecule is CCN(CC(=O)NCc1ccc(F)cc1)Cc1cc2c(cc1Br)OCCO2. The first-order chi connectivity index (χ1) is 13.0. The van der Waals surface area contributed by atoms with Crippen LogP contribution in [0.25, 0.3) is 0 Å². The summed E-state index contributed by atoms with van der Waals surface area (Å²) in [4.78, 5) is 14.3. The molecule has 0 spiro atoms. The van der Waals surface area contributed by atoms with Crippen molar-refractivity contribution in [3.05, 3.63) is 57.8 Å². The van der Waals surface area contributed by atoms with Crippen molar-refractivity contribution < 1.29 is 18.7 Å². The van der Waals surface area contributed by atoms with Gasteiger partial charge in [-0.05, 0) is 41.9 Å². The lowest BCUT2D eigenvalue weighted by molar-refractivity contribution is -0.122. The van der Waals surface area contributed by atoms with Crippen molar-refractivity contribution in [3.63, 3.8) is 0 Å². The molecule has 5 nitrogen and oxygen atoms in total. The standard InChI is InChI=1S/C20H22BrFN2O3/c1-2-24(13-20(25)23-11-14-3-5-16(22)6-4-14)12-15-9-18-19(10-17(15)21)27-8-7-26-18/h3-6,9-10H,2,7-8,11-13H2,1H3,(H,23,25). The molecule has 0 unspecified atom stereocenters. The smallest absolute Gasteiger partial charge is 0.234 e. The normalized spacial score (nSPS) is 12.9. The number of rotatable bonds is 7. The zero-order valence-electron chi connectivity index (χ0n) is 15.1. The molecule has 0 atom stereocenters. The fourth-order valence-corrected chi connectivity index (χ4v) is 3.26. The summed E-state index contributed by atoms with van der Waals surface area (Å²) in [5.41, 5.74) is 1.90. The molecule has 27 heavy (non-hydrogen) atoms. The first kappa shape index (κ1) is 19.6. The summed E-state index contributed by atoms with van der Waals surface area (Å²) >= 11 is 3.57. The topological polar surface area (TPSA) is 50.8 Å². The van der Waals surface area contributed by atoms with Crippen LogP contribution in [0, 0.1) is 5.82 Å². The summed E-state index contributed by atoms with van der Waals surface area (Å²) in [5, 5.41) is 2.87. The van der Waals surface area contributed by atoms with Crippen LogP contribution in [-0.4, -0.2) is 37.1 Å². The van der Waals surface area contributed by atoms with Crippen molar-refractivity contribution in [2.45, 2.75) is 20.0 Å². The lowest BCUT2D eigenvalue weighted by atomic mass is 10.1. The van der Waals surface area contributed by atoms with Crippen molar-refractivity contribution in [1.29, 1.82) is 0 Å². The van der Waals surface area contributed by atoms with Crippen molar-refractivity contribution in [3.8, 4) is 11.5 Å². The second-order valence-corrected chi connectivity index (χ2v) is 7.15. The van der Waals surface area contributed by atoms with Gasteiger partial charge in [0, 0.05) is 17.6 Å². The quantitative estimate of drug-likeness (QED) is 0.721. The molecule has 0 aromatic heterocycles. The molecule has 1 N–H and O–H groups in total. The van der Waals surface area contributed by atoms with Gasteiger partial charge in [0.2, 0.25) is 5.91 Å². The maximum Gasteiger partial charge on any atom is 0.234 e. The van der Waals surface area contributed by atoms with Gasteiger partial charge in [0.05, 0.1) is 6.54 Å². The molecule has 0 radical (unpaired) electrons. The molecule has 3 rings (SSSR count). The minimum Gasteiger partial charge on any atom is -0.486 e. The predicted octanol–water partition coefficient (Wildman–Crippen LogP) is 3.50. The van der Waals surface area contributed by atoms with Crippen molar-refractivity contribution in [1.82, 2.24) is 10.2 Å². The Labute approximate surface area is 166 Å². The average molecular weight is 437 g/mol. The maximum absolute atomic E-state index is 12.9. The molecule has 0 fully saturated rings. The van der Waals surface area contributed by atoms with E-state index < -0.39 is 0 Å². The van der Waals surface area contributed by atoms with Crippen molar-refractivity contribution >= 4 is 21.8 Å². The molecule has 2 aromatic carbocycles. The van der Waals surface area contributed by atoms with E-state index in [1.54, 1.807) is 12.1 Å². The third-order valence-electron chi connectivity index (χ3n) is 4.32. The number of nitrogens with zero attached hydrogens (tertiary/aromatic N) is 1. The number of carbonyl (C=O) groups is 1. The number of carbonyl (C=O) groups excluding carboxylic acids is 1. The first-order valence-corrected chi connectivity index (χ1v) is 9.66. The minimum atomic E-state index is -0.285. The van der Waals surface area contributed by atoms with Gasteiger partial charge in [-0.3, -0.25) is 9.69 Å². The van der Waals surface area contributed by atoms with Crippen LogP contribution in [-0.2, 0) is 17.9 Å². The molecular weight excluding hydrogens is 415 g/mol. The van der Waals surface area contributed by atoms with E-state index in [-0.39, 0.29) is 18.3 Å². The summed E-state index contributed by atoms with van der Waals surface area (Å²) < 4.78 is 25.1. The van der Waals surface area contributed by atoms with Crippen LogP contribution in [0.3, 0.4) is 0 Å². The number of benzene rings is 2. The van der Waals surface area contributed by atoms with E-state index in [1.165, 1.54) is 12.1 Å². The molecule has 0 aliphatic carbocycles. The highest BCUT2D eigenvalue weighted by Gasteiger charge is 2.17. The highest BCUT2D eigenvalue weighted by Crippen LogP contribution is 2.35. The van der Waals surface area contributed by atoms with Crippen LogP contribution < -0.4 is 14.8 Å². The number of likely N-dealkylation sites (N-methyl/N-ethyl adjacent to an activating group) is 1. The van der Waals surface area contributed by atoms with Crippen molar-refractivity contribution in [2.75, 3.05) is 26.3 Å². The van der Waals surface area contributed by atoms with E-state index in [9.17, 15) is 9.18 Å². The Morgan fingerprint density at radius 2 is 1.85 bits per heavy atom. The average Bonchev–Trinajstić information content (AvgIpc) is 2.67. The van der Waals surface area contributed by atoms with Gasteiger partial charge >= 0.3 is 0 Å². The van der Waals surface area contributed by atoms with Crippen molar-refractivity contribution in [2.24, 2.45) is 0 Å². The number of nitrogens with one attached hydrogen (secondary N) is 1. The maximum atomic E-state index is 12.9. The Morgan fingerprint density at radius 3 is 2.52 bits per heavy atom. The van der Waals surface area contributed by atoms with E-state index in [0.717, 1.165) is 33.6 Å². The van der Waals surface area contributed by atoms with Crippen LogP contribution in [0.1, 0.15) is 18.1 Å². The van der Waals surface area contributed by atoms with Gasteiger partial charge in [0.1, 0.15) is 19.0 Å². The molecule has 0 saturated carbocycles. The third kappa shape index (κ3) is 5.43. The highest BCUT2D eigenvalue weighted by atomic mass is 79.9. The molecule has 1 aliphatic rings. The fraction of sp³-hybridized carbons (Fsp3) is 0.350. The van der Waals surface area contributed by atoms with Crippen LogP contribution in [0.2, 0.25) is 0 Å². The molecule has 0 saturated heterocycles. The Morgan fingerprint density at radius 1 is 1.19 bits per heavy atom. The largest absolute Gasteiger partial charge is 0.486 e. The summed E-state index contributed by atoms with van der Waals surface area (Å²) in [5.74, 6) is 1.11. The summed E-state index contributed by atoms with van der Waals surface area (Å²) in [6.07, 6.45) is 0. The number of hydrogen-bond acceptors (Lipinski definition) is 4. The van der Waals surface area contributed by atoms with E-state index in [1.807, 2.05) is 24.0 Å². The number of halogens is 2. The number of ether oxygens (including phenoxy) is 2. The molecule has 7 heteroatoms. The van der Waals surface area contributed by atoms with Crippen LogP contribution in [0.5, 0.6) is 11.5 Å². The zero-order valence-corrected chi connectivity index (χ0v) is 16.7. The summed E-state index contributed by atoms with van der Waals surface area (Å²) in [7, 11) is 0. The number of amides is 1. The van der Waals surface area contributed by atoms with E-state index in [4.69, 9.17) is 9.47 Å². The highest BCUT2D eigenvalue weighted by molar-refractivity contribution is 9.10. The van der Waals surface area contributed by atoms with Gasteiger partial charge < -0.3 is 14.8 Å². The molecular formula is C20H22BrFN2O3. The van der Waals surface area contributed by atoms with E-state index in [2.05, 4.69) is 21.2 Å². The predicted molar refractivity (Wildman–Crippen MR) is 104 cm³/mol. The summed E-state index contributed by atoms with van der Waals surface area (Å²) in [6, 6.07) is 9.97. The fourth-order valence-electron chi connectivity index (χ4n) is 2.81. The van der Waals surface area contributed by atoms with E-state index >= 15 is 0 Å². The van der Waals surface area contributed by atoms with Gasteiger partial charge in [0.25, 0.3) is 0 Å². The van der Waals surface area contributed by atoms with Gasteiger partial charge in [0.15, 0.2) is 11.5 Å². The van der Waals surface area contributed by atoms with Gasteiger partial charge in [-0.15, -0.1) is 0 Å². The van der Waals surface area contributed by atoms with Gasteiger partial charge in [-0.25, -0.2) is 4.39 Å². The molecule has 144 valence electrons. The Balaban J connectivity index is 1.57. The molecule has 1 heterocycles. The lowest BCUT2D eigenvalue weighted by Gasteiger charge is -2.23. The monoisotopic (exact) mass is 436 g/mol. The Kier molecular flexibility index (Phi) is 6.68. The molecule has 1 aliphatic heterocycles. The minimum absolute atomic E-state index is 0.0742. The van der Waals surface area contributed by atoms with Gasteiger partial charge in [-0.2, -0.15) is 0 Å². The van der Waals surface area contributed by atoms with Crippen LogP contribution >= 0.6 is 15.9 Å². The number of hydrogen-bond donors (Lipinski definition) is 1. The molecule has 2 aromatic rings. The number of fused-ring (bicyclic) bond motifs is 1. The zero-order chi connectivity index (χ0) is 19.2. The van der Waals surface area contributed by atoms with Crippen LogP contribution in [0.4, 0.5) is 4.39 Å². The Hall–Kier alpha value is -2.12. The lowest BCUT2D eigenvalue weighted by Crippen LogP contribution is -2.36. The second-order valence-electron chi connectivity index (χ2n) is 6.29.